The minimum atomic E-state index is -1.49. The number of amides is 2. The highest BCUT2D eigenvalue weighted by Crippen LogP contribution is 2.37. The molecule has 11 atom stereocenters. The second-order valence-electron chi connectivity index (χ2n) is 11.1. The zero-order valence-corrected chi connectivity index (χ0v) is 23.7. The zero-order valence-electron chi connectivity index (χ0n) is 22.1. The molecule has 0 aromatic carbocycles. The zero-order chi connectivity index (χ0) is 27.7. The molecule has 2 amide bonds. The van der Waals surface area contributed by atoms with Crippen LogP contribution in [0.15, 0.2) is 12.7 Å². The molecule has 3 heterocycles. The van der Waals surface area contributed by atoms with E-state index in [1.807, 2.05) is 6.08 Å². The molecule has 12 heteroatoms. The van der Waals surface area contributed by atoms with Crippen molar-refractivity contribution < 1.29 is 39.1 Å². The summed E-state index contributed by atoms with van der Waals surface area (Å²) in [6.07, 6.45) is -1.49. The van der Waals surface area contributed by atoms with Crippen LogP contribution in [0.4, 0.5) is 4.79 Å². The van der Waals surface area contributed by atoms with Crippen LogP contribution in [0.3, 0.4) is 0 Å². The number of carbonyl (C=O) groups excluding carboxylic acids is 2. The summed E-state index contributed by atoms with van der Waals surface area (Å²) in [5, 5.41) is 33.5. The van der Waals surface area contributed by atoms with Gasteiger partial charge in [0.25, 0.3) is 0 Å². The van der Waals surface area contributed by atoms with Crippen molar-refractivity contribution in [2.75, 3.05) is 19.4 Å². The normalized spacial score (nSPS) is 38.2. The molecule has 3 fully saturated rings. The molecule has 0 radical (unpaired) electrons. The van der Waals surface area contributed by atoms with E-state index in [-0.39, 0.29) is 18.4 Å². The number of likely N-dealkylation sites (tertiary alicyclic amines) is 1. The minimum Gasteiger partial charge on any atom is -0.444 e. The van der Waals surface area contributed by atoms with Crippen LogP contribution in [0.2, 0.25) is 0 Å². The van der Waals surface area contributed by atoms with Crippen LogP contribution in [0, 0.1) is 11.8 Å². The predicted molar refractivity (Wildman–Crippen MR) is 140 cm³/mol. The van der Waals surface area contributed by atoms with Gasteiger partial charge in [-0.1, -0.05) is 6.08 Å². The molecule has 0 aliphatic carbocycles. The number of allylic oxidation sites excluding steroid dienone is 1. The fourth-order valence-corrected chi connectivity index (χ4v) is 6.18. The van der Waals surface area contributed by atoms with Crippen molar-refractivity contribution in [3.8, 4) is 0 Å². The number of rotatable bonds is 6. The Morgan fingerprint density at radius 2 is 1.92 bits per heavy atom. The van der Waals surface area contributed by atoms with Gasteiger partial charge in [-0.05, 0) is 52.7 Å². The molecule has 0 spiro atoms. The van der Waals surface area contributed by atoms with Crippen LogP contribution in [0.1, 0.15) is 40.5 Å². The first-order valence-corrected chi connectivity index (χ1v) is 14.4. The number of halogens is 1. The lowest BCUT2D eigenvalue weighted by Crippen LogP contribution is -2.65. The van der Waals surface area contributed by atoms with Gasteiger partial charge in [0.1, 0.15) is 41.5 Å². The van der Waals surface area contributed by atoms with E-state index in [0.717, 1.165) is 12.8 Å². The summed E-state index contributed by atoms with van der Waals surface area (Å²) in [6, 6.07) is -1.93. The van der Waals surface area contributed by atoms with E-state index in [2.05, 4.69) is 11.9 Å². The lowest BCUT2D eigenvalue weighted by Gasteiger charge is -2.44. The number of fused-ring (bicyclic) bond motifs is 1. The number of nitrogens with one attached hydrogen (secondary N) is 1. The summed E-state index contributed by atoms with van der Waals surface area (Å²) in [4.78, 5) is 28.4. The molecule has 2 unspecified atom stereocenters. The molecule has 0 aromatic rings. The molecule has 3 saturated heterocycles. The van der Waals surface area contributed by atoms with E-state index < -0.39 is 71.0 Å². The van der Waals surface area contributed by atoms with Gasteiger partial charge in [0, 0.05) is 19.1 Å². The third kappa shape index (κ3) is 6.93. The average Bonchev–Trinajstić information content (AvgIpc) is 3.05. The Labute approximate surface area is 228 Å². The maximum atomic E-state index is 13.8. The van der Waals surface area contributed by atoms with Crippen molar-refractivity contribution in [2.45, 2.75) is 99.6 Å². The Balaban J connectivity index is 1.88. The summed E-state index contributed by atoms with van der Waals surface area (Å²) in [6.45, 7) is 11.5. The summed E-state index contributed by atoms with van der Waals surface area (Å²) in [5.74, 6) is -0.421. The van der Waals surface area contributed by atoms with Gasteiger partial charge in [0.2, 0.25) is 5.91 Å². The van der Waals surface area contributed by atoms with E-state index in [1.165, 1.54) is 16.7 Å². The Kier molecular flexibility index (Phi) is 10.2. The number of ether oxygens (including phenoxy) is 3. The van der Waals surface area contributed by atoms with Crippen molar-refractivity contribution in [2.24, 2.45) is 11.8 Å². The first-order valence-electron chi connectivity index (χ1n) is 12.7. The Bertz CT molecular complexity index is 825. The van der Waals surface area contributed by atoms with Crippen LogP contribution in [0.5, 0.6) is 0 Å². The van der Waals surface area contributed by atoms with Crippen molar-refractivity contribution in [3.63, 3.8) is 0 Å². The Hall–Kier alpha value is -1.08. The summed E-state index contributed by atoms with van der Waals surface area (Å²) < 4.78 is 17.6. The van der Waals surface area contributed by atoms with E-state index in [1.54, 1.807) is 34.0 Å². The molecule has 212 valence electrons. The van der Waals surface area contributed by atoms with Crippen LogP contribution in [-0.4, -0.2) is 111 Å². The highest BCUT2D eigenvalue weighted by Gasteiger charge is 2.53. The van der Waals surface area contributed by atoms with Crippen LogP contribution in [0.25, 0.3) is 0 Å². The number of hydrogen-bond acceptors (Lipinski definition) is 9. The van der Waals surface area contributed by atoms with Gasteiger partial charge in [-0.3, -0.25) is 9.69 Å². The van der Waals surface area contributed by atoms with E-state index in [0.29, 0.717) is 6.61 Å². The molecule has 4 N–H and O–H groups in total. The predicted octanol–water partition coefficient (Wildman–Crippen LogP) is 1.49. The molecule has 37 heavy (non-hydrogen) atoms. The average molecular weight is 565 g/mol. The summed E-state index contributed by atoms with van der Waals surface area (Å²) in [7, 11) is 0. The monoisotopic (exact) mass is 564 g/mol. The molecule has 0 aromatic heterocycles. The van der Waals surface area contributed by atoms with E-state index in [4.69, 9.17) is 25.8 Å². The largest absolute Gasteiger partial charge is 0.444 e. The summed E-state index contributed by atoms with van der Waals surface area (Å²) >= 11 is 7.62. The minimum absolute atomic E-state index is 0.102. The number of carbonyl (C=O) groups is 2. The molecule has 0 bridgehead atoms. The van der Waals surface area contributed by atoms with Gasteiger partial charge in [0.05, 0.1) is 17.5 Å². The number of aliphatic hydroxyl groups is 3. The van der Waals surface area contributed by atoms with Crippen LogP contribution < -0.4 is 5.32 Å². The lowest BCUT2D eigenvalue weighted by atomic mass is 9.89. The number of alkyl halides is 1. The van der Waals surface area contributed by atoms with Gasteiger partial charge in [-0.25, -0.2) is 4.79 Å². The molecule has 10 nitrogen and oxygen atoms in total. The van der Waals surface area contributed by atoms with Gasteiger partial charge < -0.3 is 34.8 Å². The SMILES string of the molecule is C=C[C@@H]1CCO[C@@H]2[C@@H](C1)CN(C(=O)OC(C)(C)C)[C@@H]2C(=O)N[C@@H]([C@H]1OC(SC)[C@H](O)C(O)[C@@H]1O)[C@H](C)Cl. The number of nitrogens with zero attached hydrogens (tertiary/aromatic N) is 1. The van der Waals surface area contributed by atoms with Gasteiger partial charge >= 0.3 is 6.09 Å². The van der Waals surface area contributed by atoms with Crippen LogP contribution in [-0.2, 0) is 19.0 Å². The summed E-state index contributed by atoms with van der Waals surface area (Å²) in [5.41, 5.74) is -1.59. The molecular formula is C25H41ClN2O8S. The van der Waals surface area contributed by atoms with Crippen molar-refractivity contribution in [3.05, 3.63) is 12.7 Å². The molecule has 3 aliphatic rings. The molecule has 3 aliphatic heterocycles. The molecular weight excluding hydrogens is 524 g/mol. The number of aliphatic hydroxyl groups excluding tert-OH is 3. The highest BCUT2D eigenvalue weighted by atomic mass is 35.5. The van der Waals surface area contributed by atoms with Gasteiger partial charge in [-0.2, -0.15) is 0 Å². The molecule has 0 saturated carbocycles. The van der Waals surface area contributed by atoms with Crippen LogP contribution >= 0.6 is 23.4 Å². The van der Waals surface area contributed by atoms with Crippen molar-refractivity contribution in [1.82, 2.24) is 10.2 Å². The van der Waals surface area contributed by atoms with E-state index in [9.17, 15) is 24.9 Å². The van der Waals surface area contributed by atoms with Crippen molar-refractivity contribution in [1.29, 1.82) is 0 Å². The lowest BCUT2D eigenvalue weighted by molar-refractivity contribution is -0.205. The third-order valence-corrected chi connectivity index (χ3v) is 8.30. The van der Waals surface area contributed by atoms with Gasteiger partial charge in [0.15, 0.2) is 0 Å². The standard InChI is InChI=1S/C25H41ClN2O8S/c1-7-13-8-9-34-20-14(10-13)11-28(24(33)36-25(3,4)5)16(20)22(32)27-15(12(2)26)21-18(30)17(29)19(31)23(35-21)37-6/h7,12-21,23,29-31H,1,8-11H2,2-6H3,(H,27,32)/t12-,13+,14-,15+,16-,17?,18-,19+,20+,21+,23?/m0/s1. The second kappa shape index (κ2) is 12.4. The Morgan fingerprint density at radius 1 is 1.24 bits per heavy atom. The first kappa shape index (κ1) is 30.5. The second-order valence-corrected chi connectivity index (χ2v) is 12.7. The molecule has 3 rings (SSSR count). The number of hydrogen-bond donors (Lipinski definition) is 4. The van der Waals surface area contributed by atoms with Crippen molar-refractivity contribution >= 4 is 35.4 Å². The fourth-order valence-electron chi connectivity index (χ4n) is 5.29. The quantitative estimate of drug-likeness (QED) is 0.279. The topological polar surface area (TPSA) is 138 Å². The smallest absolute Gasteiger partial charge is 0.411 e. The number of thioether (sulfide) groups is 1. The third-order valence-electron chi connectivity index (χ3n) is 7.17. The first-order chi connectivity index (χ1) is 17.3. The van der Waals surface area contributed by atoms with Gasteiger partial charge in [-0.15, -0.1) is 29.9 Å². The maximum absolute atomic E-state index is 13.8. The fraction of sp³-hybridized carbons (Fsp3) is 0.840. The highest BCUT2D eigenvalue weighted by molar-refractivity contribution is 7.99. The van der Waals surface area contributed by atoms with E-state index >= 15 is 0 Å². The maximum Gasteiger partial charge on any atom is 0.411 e. The Morgan fingerprint density at radius 3 is 2.49 bits per heavy atom.